The second kappa shape index (κ2) is 7.87. The van der Waals surface area contributed by atoms with Crippen LogP contribution < -0.4 is 4.72 Å². The van der Waals surface area contributed by atoms with Crippen LogP contribution in [0.4, 0.5) is 5.69 Å². The normalized spacial score (nSPS) is 10.9. The first-order valence-corrected chi connectivity index (χ1v) is 9.04. The van der Waals surface area contributed by atoms with E-state index in [1.54, 1.807) is 6.92 Å². The summed E-state index contributed by atoms with van der Waals surface area (Å²) in [5.74, 6) is -3.59. The molecule has 0 spiro atoms. The second-order valence-corrected chi connectivity index (χ2v) is 6.95. The number of benzene rings is 2. The van der Waals surface area contributed by atoms with Crippen molar-refractivity contribution in [3.8, 4) is 0 Å². The maximum Gasteiger partial charge on any atom is 0.338 e. The van der Waals surface area contributed by atoms with Crippen LogP contribution in [0.3, 0.4) is 0 Å². The third-order valence-corrected chi connectivity index (χ3v) is 4.70. The van der Waals surface area contributed by atoms with Crippen LogP contribution >= 0.6 is 0 Å². The average Bonchev–Trinajstić information content (AvgIpc) is 2.61. The molecule has 9 nitrogen and oxygen atoms in total. The fraction of sp³-hybridized carbons (Fsp3) is 0.118. The molecule has 27 heavy (non-hydrogen) atoms. The molecular formula is C17H15NO8S. The number of hydrogen-bond acceptors (Lipinski definition) is 6. The van der Waals surface area contributed by atoms with Crippen LogP contribution in [0.15, 0.2) is 47.4 Å². The number of rotatable bonds is 7. The molecule has 142 valence electrons. The van der Waals surface area contributed by atoms with Gasteiger partial charge in [-0.25, -0.2) is 22.8 Å². The predicted molar refractivity (Wildman–Crippen MR) is 93.6 cm³/mol. The molecule has 2 rings (SSSR count). The Kier molecular flexibility index (Phi) is 5.81. The van der Waals surface area contributed by atoms with E-state index in [-0.39, 0.29) is 17.9 Å². The van der Waals surface area contributed by atoms with Gasteiger partial charge in [0.05, 0.1) is 28.2 Å². The molecule has 0 atom stereocenters. The first-order chi connectivity index (χ1) is 12.6. The summed E-state index contributed by atoms with van der Waals surface area (Å²) in [6.45, 7) is 1.77. The molecule has 0 amide bonds. The summed E-state index contributed by atoms with van der Waals surface area (Å²) >= 11 is 0. The molecule has 10 heteroatoms. The smallest absolute Gasteiger partial charge is 0.338 e. The maximum absolute atomic E-state index is 12.5. The summed E-state index contributed by atoms with van der Waals surface area (Å²) in [6.07, 6.45) is 0. The van der Waals surface area contributed by atoms with Crippen molar-refractivity contribution < 1.29 is 37.8 Å². The molecular weight excluding hydrogens is 378 g/mol. The fourth-order valence-corrected chi connectivity index (χ4v) is 3.26. The lowest BCUT2D eigenvalue weighted by Crippen LogP contribution is -2.15. The fourth-order valence-electron chi connectivity index (χ4n) is 2.14. The number of carboxylic acids is 2. The van der Waals surface area contributed by atoms with E-state index in [1.807, 2.05) is 0 Å². The lowest BCUT2D eigenvalue weighted by atomic mass is 10.1. The number of ether oxygens (including phenoxy) is 1. The monoisotopic (exact) mass is 393 g/mol. The molecule has 0 aliphatic heterocycles. The highest BCUT2D eigenvalue weighted by atomic mass is 32.2. The van der Waals surface area contributed by atoms with E-state index in [1.165, 1.54) is 24.3 Å². The lowest BCUT2D eigenvalue weighted by molar-refractivity contribution is 0.0525. The quantitative estimate of drug-likeness (QED) is 0.606. The van der Waals surface area contributed by atoms with Crippen LogP contribution in [-0.2, 0) is 14.8 Å². The van der Waals surface area contributed by atoms with Crippen LogP contribution in [0.5, 0.6) is 0 Å². The van der Waals surface area contributed by atoms with Gasteiger partial charge in [-0.2, -0.15) is 0 Å². The first-order valence-electron chi connectivity index (χ1n) is 7.55. The molecule has 3 N–H and O–H groups in total. The zero-order chi connectivity index (χ0) is 20.2. The number of carboxylic acid groups (broad SMARTS) is 2. The molecule has 0 bridgehead atoms. The highest BCUT2D eigenvalue weighted by Crippen LogP contribution is 2.20. The van der Waals surface area contributed by atoms with Crippen LogP contribution in [0, 0.1) is 0 Å². The van der Waals surface area contributed by atoms with Gasteiger partial charge >= 0.3 is 17.9 Å². The Morgan fingerprint density at radius 1 is 0.963 bits per heavy atom. The summed E-state index contributed by atoms with van der Waals surface area (Å²) < 4.78 is 32.1. The Morgan fingerprint density at radius 3 is 2.07 bits per heavy atom. The van der Waals surface area contributed by atoms with E-state index >= 15 is 0 Å². The van der Waals surface area contributed by atoms with Gasteiger partial charge in [-0.3, -0.25) is 4.72 Å². The highest BCUT2D eigenvalue weighted by molar-refractivity contribution is 7.92. The number of sulfonamides is 1. The summed E-state index contributed by atoms with van der Waals surface area (Å²) in [5, 5.41) is 18.1. The first kappa shape index (κ1) is 19.9. The third-order valence-electron chi connectivity index (χ3n) is 3.34. The number of carbonyl (C=O) groups excluding carboxylic acids is 1. The van der Waals surface area contributed by atoms with Gasteiger partial charge < -0.3 is 14.9 Å². The van der Waals surface area contributed by atoms with Crippen molar-refractivity contribution >= 4 is 33.6 Å². The summed E-state index contributed by atoms with van der Waals surface area (Å²) in [6, 6.07) is 8.02. The minimum atomic E-state index is -4.31. The molecule has 0 heterocycles. The Labute approximate surface area is 154 Å². The predicted octanol–water partition coefficient (Wildman–Crippen LogP) is 2.06. The van der Waals surface area contributed by atoms with Crippen molar-refractivity contribution in [3.05, 3.63) is 59.2 Å². The molecule has 0 saturated heterocycles. The maximum atomic E-state index is 12.5. The molecule has 2 aromatic carbocycles. The second-order valence-electron chi connectivity index (χ2n) is 5.26. The van der Waals surface area contributed by atoms with Crippen molar-refractivity contribution in [2.75, 3.05) is 11.3 Å². The van der Waals surface area contributed by atoms with Crippen LogP contribution in [0.25, 0.3) is 0 Å². The number of anilines is 1. The van der Waals surface area contributed by atoms with E-state index in [4.69, 9.17) is 14.9 Å². The zero-order valence-electron chi connectivity index (χ0n) is 14.0. The van der Waals surface area contributed by atoms with Crippen LogP contribution in [0.2, 0.25) is 0 Å². The van der Waals surface area contributed by atoms with Gasteiger partial charge in [-0.15, -0.1) is 0 Å². The van der Waals surface area contributed by atoms with Gasteiger partial charge in [0.1, 0.15) is 0 Å². The van der Waals surface area contributed by atoms with E-state index in [2.05, 4.69) is 4.72 Å². The summed E-state index contributed by atoms with van der Waals surface area (Å²) in [5.41, 5.74) is -0.841. The molecule has 0 radical (unpaired) electrons. The molecule has 0 aromatic heterocycles. The van der Waals surface area contributed by atoms with Crippen LogP contribution in [-0.4, -0.2) is 43.1 Å². The zero-order valence-corrected chi connectivity index (χ0v) is 14.8. The molecule has 0 fully saturated rings. The van der Waals surface area contributed by atoms with Gasteiger partial charge in [0.2, 0.25) is 0 Å². The molecule has 0 aliphatic rings. The minimum Gasteiger partial charge on any atom is -0.478 e. The Morgan fingerprint density at radius 2 is 1.56 bits per heavy atom. The van der Waals surface area contributed by atoms with Crippen molar-refractivity contribution in [3.63, 3.8) is 0 Å². The van der Waals surface area contributed by atoms with E-state index in [0.717, 1.165) is 18.2 Å². The van der Waals surface area contributed by atoms with Crippen molar-refractivity contribution in [1.82, 2.24) is 0 Å². The number of esters is 1. The van der Waals surface area contributed by atoms with Crippen molar-refractivity contribution in [1.29, 1.82) is 0 Å². The van der Waals surface area contributed by atoms with Crippen LogP contribution in [0.1, 0.15) is 38.0 Å². The highest BCUT2D eigenvalue weighted by Gasteiger charge is 2.20. The topological polar surface area (TPSA) is 147 Å². The third kappa shape index (κ3) is 4.82. The Balaban J connectivity index is 2.42. The molecule has 0 aliphatic carbocycles. The van der Waals surface area contributed by atoms with E-state index in [9.17, 15) is 22.8 Å². The van der Waals surface area contributed by atoms with E-state index < -0.39 is 44.0 Å². The van der Waals surface area contributed by atoms with Crippen molar-refractivity contribution in [2.24, 2.45) is 0 Å². The lowest BCUT2D eigenvalue weighted by Gasteiger charge is -2.11. The Hall–Kier alpha value is -3.40. The molecule has 0 saturated carbocycles. The number of aromatic carboxylic acids is 2. The summed E-state index contributed by atoms with van der Waals surface area (Å²) in [7, 11) is -4.31. The summed E-state index contributed by atoms with van der Waals surface area (Å²) in [4.78, 5) is 33.5. The van der Waals surface area contributed by atoms with Gasteiger partial charge in [0.15, 0.2) is 0 Å². The number of carbonyl (C=O) groups is 3. The average molecular weight is 393 g/mol. The van der Waals surface area contributed by atoms with Gasteiger partial charge in [0.25, 0.3) is 10.0 Å². The largest absolute Gasteiger partial charge is 0.478 e. The van der Waals surface area contributed by atoms with Gasteiger partial charge in [-0.1, -0.05) is 6.07 Å². The molecule has 0 unspecified atom stereocenters. The standard InChI is InChI=1S/C17H15NO8S/c1-2-26-17(23)10-4-3-5-13(7-10)18-27(24,25)14-8-11(15(19)20)6-12(9-14)16(21)22/h3-9,18H,2H2,1H3,(H,19,20)(H,21,22). The van der Waals surface area contributed by atoms with Gasteiger partial charge in [0, 0.05) is 5.69 Å². The number of nitrogens with one attached hydrogen (secondary N) is 1. The van der Waals surface area contributed by atoms with Crippen molar-refractivity contribution in [2.45, 2.75) is 11.8 Å². The minimum absolute atomic E-state index is 0.0261. The van der Waals surface area contributed by atoms with Gasteiger partial charge in [-0.05, 0) is 43.3 Å². The number of hydrogen-bond donors (Lipinski definition) is 3. The SMILES string of the molecule is CCOC(=O)c1cccc(NS(=O)(=O)c2cc(C(=O)O)cc(C(=O)O)c2)c1. The van der Waals surface area contributed by atoms with E-state index in [0.29, 0.717) is 0 Å². The molecule has 2 aromatic rings. The Bertz CT molecular complexity index is 981.